The van der Waals surface area contributed by atoms with Gasteiger partial charge < -0.3 is 10.6 Å². The van der Waals surface area contributed by atoms with Crippen molar-refractivity contribution < 1.29 is 0 Å². The maximum Gasteiger partial charge on any atom is 0.171 e. The standard InChI is InChI=1S/C27H26N4S3/c32-26(31-27-13-16-9-17(14-27)11-18(10-16)15-27)28-19-5-6-20-21(12-19)30-25(23-4-2-8-34-23)24(29-20)22-3-1-7-33-22/h1-8,12,16-18H,9-11,13-15H2,(H2,28,31,32). The summed E-state index contributed by atoms with van der Waals surface area (Å²) in [4.78, 5) is 12.4. The fourth-order valence-corrected chi connectivity index (χ4v) is 8.73. The Bertz CT molecular complexity index is 1330. The summed E-state index contributed by atoms with van der Waals surface area (Å²) in [6.07, 6.45) is 8.14. The molecule has 4 aromatic rings. The van der Waals surface area contributed by atoms with Crippen molar-refractivity contribution in [2.45, 2.75) is 44.1 Å². The van der Waals surface area contributed by atoms with Crippen molar-refractivity contribution in [1.29, 1.82) is 0 Å². The molecule has 3 heterocycles. The van der Waals surface area contributed by atoms with Crippen LogP contribution in [0, 0.1) is 17.8 Å². The van der Waals surface area contributed by atoms with E-state index in [1.54, 1.807) is 22.7 Å². The minimum Gasteiger partial charge on any atom is -0.357 e. The van der Waals surface area contributed by atoms with Gasteiger partial charge in [0, 0.05) is 11.2 Å². The smallest absolute Gasteiger partial charge is 0.171 e. The minimum absolute atomic E-state index is 0.206. The van der Waals surface area contributed by atoms with Crippen molar-refractivity contribution in [3.05, 3.63) is 53.2 Å². The Morgan fingerprint density at radius 3 is 1.97 bits per heavy atom. The lowest BCUT2D eigenvalue weighted by Crippen LogP contribution is -2.60. The molecule has 0 aliphatic heterocycles. The zero-order valence-corrected chi connectivity index (χ0v) is 21.2. The molecule has 8 rings (SSSR count). The molecule has 34 heavy (non-hydrogen) atoms. The number of hydrogen-bond acceptors (Lipinski definition) is 5. The van der Waals surface area contributed by atoms with Crippen molar-refractivity contribution in [2.75, 3.05) is 5.32 Å². The molecule has 0 atom stereocenters. The van der Waals surface area contributed by atoms with E-state index in [-0.39, 0.29) is 5.54 Å². The molecular formula is C27H26N4S3. The van der Waals surface area contributed by atoms with Crippen LogP contribution in [0.25, 0.3) is 32.2 Å². The van der Waals surface area contributed by atoms with Crippen molar-refractivity contribution in [1.82, 2.24) is 15.3 Å². The number of nitrogens with zero attached hydrogens (tertiary/aromatic N) is 2. The molecule has 0 unspecified atom stereocenters. The molecule has 172 valence electrons. The average Bonchev–Trinajstić information content (AvgIpc) is 3.51. The summed E-state index contributed by atoms with van der Waals surface area (Å²) >= 11 is 9.20. The van der Waals surface area contributed by atoms with Crippen molar-refractivity contribution in [2.24, 2.45) is 17.8 Å². The van der Waals surface area contributed by atoms with Crippen LogP contribution in [0.4, 0.5) is 5.69 Å². The fraction of sp³-hybridized carbons (Fsp3) is 0.370. The normalized spacial score (nSPS) is 27.2. The number of nitrogens with one attached hydrogen (secondary N) is 2. The highest BCUT2D eigenvalue weighted by Gasteiger charge is 2.51. The molecule has 4 aliphatic carbocycles. The highest BCUT2D eigenvalue weighted by Crippen LogP contribution is 2.55. The van der Waals surface area contributed by atoms with E-state index in [1.807, 2.05) is 6.07 Å². The first-order valence-corrected chi connectivity index (χ1v) is 14.3. The zero-order valence-electron chi connectivity index (χ0n) is 18.8. The molecule has 4 nitrogen and oxygen atoms in total. The molecule has 4 bridgehead atoms. The zero-order chi connectivity index (χ0) is 22.7. The maximum atomic E-state index is 5.80. The number of thiocarbonyl (C=S) groups is 1. The van der Waals surface area contributed by atoms with Crippen LogP contribution in [-0.4, -0.2) is 20.6 Å². The van der Waals surface area contributed by atoms with Crippen molar-refractivity contribution >= 4 is 56.7 Å². The van der Waals surface area contributed by atoms with Gasteiger partial charge in [0.25, 0.3) is 0 Å². The predicted octanol–water partition coefficient (Wildman–Crippen LogP) is 7.34. The highest BCUT2D eigenvalue weighted by atomic mass is 32.1. The van der Waals surface area contributed by atoms with Crippen LogP contribution in [0.1, 0.15) is 38.5 Å². The maximum absolute atomic E-state index is 5.80. The Morgan fingerprint density at radius 2 is 1.41 bits per heavy atom. The third kappa shape index (κ3) is 3.74. The number of hydrogen-bond donors (Lipinski definition) is 2. The van der Waals surface area contributed by atoms with Gasteiger partial charge in [-0.15, -0.1) is 22.7 Å². The number of thiophene rings is 2. The van der Waals surface area contributed by atoms with E-state index >= 15 is 0 Å². The average molecular weight is 503 g/mol. The van der Waals surface area contributed by atoms with E-state index in [1.165, 1.54) is 38.5 Å². The Labute approximate surface area is 212 Å². The van der Waals surface area contributed by atoms with Gasteiger partial charge in [0.05, 0.1) is 20.8 Å². The molecule has 3 aromatic heterocycles. The van der Waals surface area contributed by atoms with Gasteiger partial charge in [0.15, 0.2) is 5.11 Å². The summed E-state index contributed by atoms with van der Waals surface area (Å²) in [6, 6.07) is 14.5. The van der Waals surface area contributed by atoms with E-state index in [4.69, 9.17) is 22.2 Å². The molecular weight excluding hydrogens is 477 g/mol. The van der Waals surface area contributed by atoms with Gasteiger partial charge in [-0.1, -0.05) is 12.1 Å². The second-order valence-corrected chi connectivity index (χ2v) is 12.7. The number of fused-ring (bicyclic) bond motifs is 1. The van der Waals surface area contributed by atoms with Gasteiger partial charge in [-0.2, -0.15) is 0 Å². The topological polar surface area (TPSA) is 49.8 Å². The molecule has 4 aliphatic rings. The second kappa shape index (κ2) is 8.11. The first-order chi connectivity index (χ1) is 16.6. The second-order valence-electron chi connectivity index (χ2n) is 10.4. The van der Waals surface area contributed by atoms with Crippen LogP contribution < -0.4 is 10.6 Å². The van der Waals surface area contributed by atoms with Crippen LogP contribution in [0.5, 0.6) is 0 Å². The lowest BCUT2D eigenvalue weighted by atomic mass is 9.53. The molecule has 0 amide bonds. The SMILES string of the molecule is S=C(Nc1ccc2nc(-c3cccs3)c(-c3cccs3)nc2c1)NC12CC3CC(CC(C3)C1)C2. The summed E-state index contributed by atoms with van der Waals surface area (Å²) in [7, 11) is 0. The number of rotatable bonds is 4. The highest BCUT2D eigenvalue weighted by molar-refractivity contribution is 7.80. The summed E-state index contributed by atoms with van der Waals surface area (Å²) in [5, 5.41) is 12.1. The first kappa shape index (κ1) is 21.0. The molecule has 4 saturated carbocycles. The van der Waals surface area contributed by atoms with Gasteiger partial charge in [-0.3, -0.25) is 0 Å². The predicted molar refractivity (Wildman–Crippen MR) is 146 cm³/mol. The summed E-state index contributed by atoms with van der Waals surface area (Å²) in [5.74, 6) is 2.68. The van der Waals surface area contributed by atoms with Gasteiger partial charge >= 0.3 is 0 Å². The van der Waals surface area contributed by atoms with Crippen molar-refractivity contribution in [3.63, 3.8) is 0 Å². The molecule has 0 saturated heterocycles. The molecule has 0 radical (unpaired) electrons. The minimum atomic E-state index is 0.206. The monoisotopic (exact) mass is 502 g/mol. The number of benzene rings is 1. The van der Waals surface area contributed by atoms with E-state index in [0.29, 0.717) is 0 Å². The largest absolute Gasteiger partial charge is 0.357 e. The van der Waals surface area contributed by atoms with Crippen LogP contribution in [0.3, 0.4) is 0 Å². The van der Waals surface area contributed by atoms with E-state index in [0.717, 1.165) is 60.7 Å². The van der Waals surface area contributed by atoms with Gasteiger partial charge in [-0.25, -0.2) is 9.97 Å². The van der Waals surface area contributed by atoms with Crippen LogP contribution >= 0.6 is 34.9 Å². The Hall–Kier alpha value is -2.35. The summed E-state index contributed by atoms with van der Waals surface area (Å²) in [6.45, 7) is 0. The van der Waals surface area contributed by atoms with Crippen LogP contribution in [0.2, 0.25) is 0 Å². The first-order valence-electron chi connectivity index (χ1n) is 12.1. The Balaban J connectivity index is 1.17. The van der Waals surface area contributed by atoms with Crippen LogP contribution in [-0.2, 0) is 0 Å². The third-order valence-electron chi connectivity index (χ3n) is 7.85. The number of anilines is 1. The van der Waals surface area contributed by atoms with E-state index in [2.05, 4.69) is 57.8 Å². The van der Waals surface area contributed by atoms with Crippen molar-refractivity contribution in [3.8, 4) is 21.1 Å². The Morgan fingerprint density at radius 1 is 0.824 bits per heavy atom. The molecule has 7 heteroatoms. The summed E-state index contributed by atoms with van der Waals surface area (Å²) in [5.41, 5.74) is 4.84. The summed E-state index contributed by atoms with van der Waals surface area (Å²) < 4.78 is 0. The third-order valence-corrected chi connectivity index (χ3v) is 9.81. The van der Waals surface area contributed by atoms with Crippen LogP contribution in [0.15, 0.2) is 53.2 Å². The van der Waals surface area contributed by atoms with Gasteiger partial charge in [0.1, 0.15) is 11.4 Å². The molecule has 1 aromatic carbocycles. The van der Waals surface area contributed by atoms with Gasteiger partial charge in [0.2, 0.25) is 0 Å². The van der Waals surface area contributed by atoms with E-state index < -0.39 is 0 Å². The fourth-order valence-electron chi connectivity index (χ4n) is 6.97. The van der Waals surface area contributed by atoms with Gasteiger partial charge in [-0.05, 0) is 110 Å². The van der Waals surface area contributed by atoms with E-state index in [9.17, 15) is 0 Å². The molecule has 2 N–H and O–H groups in total. The number of aromatic nitrogens is 2. The lowest BCUT2D eigenvalue weighted by Gasteiger charge is -2.57. The molecule has 4 fully saturated rings. The quantitative estimate of drug-likeness (QED) is 0.286. The molecule has 0 spiro atoms. The Kier molecular flexibility index (Phi) is 5.00. The lowest BCUT2D eigenvalue weighted by molar-refractivity contribution is -0.00972.